The largest absolute Gasteiger partial charge is 0.364 e. The van der Waals surface area contributed by atoms with Crippen LogP contribution < -0.4 is 5.73 Å². The molecule has 0 aliphatic heterocycles. The second-order valence-electron chi connectivity index (χ2n) is 2.48. The summed E-state index contributed by atoms with van der Waals surface area (Å²) >= 11 is 0. The Labute approximate surface area is 73.6 Å². The Kier molecular flexibility index (Phi) is 1.63. The quantitative estimate of drug-likeness (QED) is 0.665. The second kappa shape index (κ2) is 2.78. The van der Waals surface area contributed by atoms with Crippen LogP contribution in [0.25, 0.3) is 10.9 Å². The zero-order valence-electron chi connectivity index (χ0n) is 6.64. The van der Waals surface area contributed by atoms with Crippen molar-refractivity contribution in [1.82, 2.24) is 15.0 Å². The number of pyridine rings is 1. The van der Waals surface area contributed by atoms with Crippen LogP contribution in [-0.2, 0) is 0 Å². The van der Waals surface area contributed by atoms with Crippen LogP contribution in [0.15, 0.2) is 24.8 Å². The molecule has 64 valence electrons. The van der Waals surface area contributed by atoms with Crippen molar-refractivity contribution in [2.24, 2.45) is 5.73 Å². The van der Waals surface area contributed by atoms with Crippen LogP contribution in [0, 0.1) is 0 Å². The molecule has 1 amide bonds. The average Bonchev–Trinajstić information content (AvgIpc) is 2.17. The number of rotatable bonds is 1. The lowest BCUT2D eigenvalue weighted by Gasteiger charge is -1.98. The van der Waals surface area contributed by atoms with Crippen molar-refractivity contribution < 1.29 is 4.79 Å². The van der Waals surface area contributed by atoms with E-state index >= 15 is 0 Å². The maximum absolute atomic E-state index is 10.9. The average molecular weight is 174 g/mol. The molecule has 2 aromatic rings. The van der Waals surface area contributed by atoms with Crippen molar-refractivity contribution in [2.45, 2.75) is 0 Å². The fourth-order valence-corrected chi connectivity index (χ4v) is 1.09. The van der Waals surface area contributed by atoms with E-state index in [0.29, 0.717) is 5.52 Å². The van der Waals surface area contributed by atoms with E-state index in [-0.39, 0.29) is 5.69 Å². The summed E-state index contributed by atoms with van der Waals surface area (Å²) in [5.74, 6) is -0.579. The molecular weight excluding hydrogens is 168 g/mol. The predicted molar refractivity (Wildman–Crippen MR) is 45.9 cm³/mol. The molecule has 0 saturated carbocycles. The Morgan fingerprint density at radius 2 is 2.23 bits per heavy atom. The summed E-state index contributed by atoms with van der Waals surface area (Å²) in [4.78, 5) is 22.5. The molecule has 13 heavy (non-hydrogen) atoms. The molecule has 2 N–H and O–H groups in total. The van der Waals surface area contributed by atoms with Gasteiger partial charge in [0, 0.05) is 17.8 Å². The van der Waals surface area contributed by atoms with Crippen LogP contribution in [0.3, 0.4) is 0 Å². The number of carbonyl (C=O) groups excluding carboxylic acids is 1. The van der Waals surface area contributed by atoms with E-state index in [9.17, 15) is 4.79 Å². The second-order valence-corrected chi connectivity index (χ2v) is 2.48. The summed E-state index contributed by atoms with van der Waals surface area (Å²) in [6, 6.07) is 1.72. The highest BCUT2D eigenvalue weighted by Crippen LogP contribution is 2.10. The van der Waals surface area contributed by atoms with Gasteiger partial charge in [-0.25, -0.2) is 15.0 Å². The molecule has 2 aromatic heterocycles. The maximum atomic E-state index is 10.9. The van der Waals surface area contributed by atoms with Gasteiger partial charge in [-0.3, -0.25) is 4.79 Å². The number of fused-ring (bicyclic) bond motifs is 1. The minimum atomic E-state index is -0.579. The lowest BCUT2D eigenvalue weighted by molar-refractivity contribution is 0.0997. The molecule has 0 aliphatic carbocycles. The van der Waals surface area contributed by atoms with E-state index in [1.54, 1.807) is 12.3 Å². The first-order chi connectivity index (χ1) is 6.29. The third-order valence-electron chi connectivity index (χ3n) is 1.66. The Bertz CT molecular complexity index is 463. The molecule has 0 atom stereocenters. The Morgan fingerprint density at radius 1 is 1.38 bits per heavy atom. The molecule has 5 nitrogen and oxygen atoms in total. The summed E-state index contributed by atoms with van der Waals surface area (Å²) in [5, 5.41) is 0.756. The minimum Gasteiger partial charge on any atom is -0.364 e. The number of aromatic nitrogens is 3. The number of carbonyl (C=O) groups is 1. The molecule has 0 unspecified atom stereocenters. The molecule has 0 fully saturated rings. The van der Waals surface area contributed by atoms with Gasteiger partial charge < -0.3 is 5.73 Å². The van der Waals surface area contributed by atoms with Crippen LogP contribution in [-0.4, -0.2) is 20.9 Å². The lowest BCUT2D eigenvalue weighted by Crippen LogP contribution is -2.13. The molecule has 0 radical (unpaired) electrons. The summed E-state index contributed by atoms with van der Waals surface area (Å²) in [6.45, 7) is 0. The minimum absolute atomic E-state index is 0.180. The molecule has 0 spiro atoms. The van der Waals surface area contributed by atoms with Crippen LogP contribution in [0.4, 0.5) is 0 Å². The zero-order valence-corrected chi connectivity index (χ0v) is 6.64. The highest BCUT2D eigenvalue weighted by molar-refractivity contribution is 6.02. The summed E-state index contributed by atoms with van der Waals surface area (Å²) in [5.41, 5.74) is 5.79. The van der Waals surface area contributed by atoms with E-state index in [1.807, 2.05) is 0 Å². The maximum Gasteiger partial charge on any atom is 0.269 e. The summed E-state index contributed by atoms with van der Waals surface area (Å²) in [6.07, 6.45) is 4.47. The van der Waals surface area contributed by atoms with Gasteiger partial charge in [-0.05, 0) is 6.07 Å². The summed E-state index contributed by atoms with van der Waals surface area (Å²) in [7, 11) is 0. The highest BCUT2D eigenvalue weighted by Gasteiger charge is 2.07. The molecular formula is C8H6N4O. The molecule has 0 aliphatic rings. The van der Waals surface area contributed by atoms with Gasteiger partial charge in [0.1, 0.15) is 11.8 Å². The van der Waals surface area contributed by atoms with Crippen molar-refractivity contribution in [3.8, 4) is 0 Å². The van der Waals surface area contributed by atoms with Crippen LogP contribution in [0.1, 0.15) is 10.5 Å². The SMILES string of the molecule is NC(=O)c1nccc2cncnc12. The van der Waals surface area contributed by atoms with Crippen molar-refractivity contribution >= 4 is 16.8 Å². The fraction of sp³-hybridized carbons (Fsp3) is 0. The number of amides is 1. The number of nitrogens with zero attached hydrogens (tertiary/aromatic N) is 3. The van der Waals surface area contributed by atoms with Crippen LogP contribution in [0.2, 0.25) is 0 Å². The number of hydrogen-bond donors (Lipinski definition) is 1. The fourth-order valence-electron chi connectivity index (χ4n) is 1.09. The van der Waals surface area contributed by atoms with E-state index in [2.05, 4.69) is 15.0 Å². The van der Waals surface area contributed by atoms with Crippen molar-refractivity contribution in [2.75, 3.05) is 0 Å². The van der Waals surface area contributed by atoms with E-state index in [1.165, 1.54) is 12.5 Å². The normalized spacial score (nSPS) is 10.2. The highest BCUT2D eigenvalue weighted by atomic mass is 16.1. The van der Waals surface area contributed by atoms with E-state index in [0.717, 1.165) is 5.39 Å². The molecule has 0 bridgehead atoms. The van der Waals surface area contributed by atoms with Crippen molar-refractivity contribution in [3.63, 3.8) is 0 Å². The number of primary amides is 1. The van der Waals surface area contributed by atoms with Crippen molar-refractivity contribution in [1.29, 1.82) is 0 Å². The van der Waals surface area contributed by atoms with Gasteiger partial charge in [-0.15, -0.1) is 0 Å². The molecule has 2 rings (SSSR count). The van der Waals surface area contributed by atoms with Crippen LogP contribution in [0.5, 0.6) is 0 Å². The summed E-state index contributed by atoms with van der Waals surface area (Å²) < 4.78 is 0. The molecule has 0 aromatic carbocycles. The predicted octanol–water partition coefficient (Wildman–Crippen LogP) is 0.124. The van der Waals surface area contributed by atoms with Gasteiger partial charge in [0.05, 0.1) is 0 Å². The lowest BCUT2D eigenvalue weighted by atomic mass is 10.2. The van der Waals surface area contributed by atoms with Gasteiger partial charge in [-0.1, -0.05) is 0 Å². The van der Waals surface area contributed by atoms with Gasteiger partial charge in [0.2, 0.25) is 0 Å². The molecule has 0 saturated heterocycles. The smallest absolute Gasteiger partial charge is 0.269 e. The topological polar surface area (TPSA) is 81.8 Å². The van der Waals surface area contributed by atoms with Gasteiger partial charge >= 0.3 is 0 Å². The standard InChI is InChI=1S/C8H6N4O/c9-8(13)7-6-5(1-2-11-7)3-10-4-12-6/h1-4H,(H2,9,13). The van der Waals surface area contributed by atoms with Gasteiger partial charge in [0.15, 0.2) is 5.69 Å². The van der Waals surface area contributed by atoms with E-state index in [4.69, 9.17) is 5.73 Å². The molecule has 2 heterocycles. The Balaban J connectivity index is 2.83. The zero-order chi connectivity index (χ0) is 9.26. The molecule has 5 heteroatoms. The van der Waals surface area contributed by atoms with E-state index < -0.39 is 5.91 Å². The van der Waals surface area contributed by atoms with Gasteiger partial charge in [0.25, 0.3) is 5.91 Å². The monoisotopic (exact) mass is 174 g/mol. The third kappa shape index (κ3) is 1.20. The Morgan fingerprint density at radius 3 is 3.00 bits per heavy atom. The first-order valence-corrected chi connectivity index (χ1v) is 3.63. The van der Waals surface area contributed by atoms with Crippen molar-refractivity contribution in [3.05, 3.63) is 30.5 Å². The van der Waals surface area contributed by atoms with Gasteiger partial charge in [-0.2, -0.15) is 0 Å². The number of hydrogen-bond acceptors (Lipinski definition) is 4. The third-order valence-corrected chi connectivity index (χ3v) is 1.66. The number of nitrogens with two attached hydrogens (primary N) is 1. The Hall–Kier alpha value is -2.04. The van der Waals surface area contributed by atoms with Crippen LogP contribution >= 0.6 is 0 Å². The first-order valence-electron chi connectivity index (χ1n) is 3.63. The first kappa shape index (κ1) is 7.60.